The van der Waals surface area contributed by atoms with Gasteiger partial charge in [-0.15, -0.1) is 0 Å². The number of nitrogens with two attached hydrogens (primary N) is 1. The van der Waals surface area contributed by atoms with Gasteiger partial charge in [-0.2, -0.15) is 0 Å². The number of nitrogen functional groups attached to an aromatic ring is 1. The Morgan fingerprint density at radius 1 is 1.30 bits per heavy atom. The third-order valence-electron chi connectivity index (χ3n) is 2.90. The largest absolute Gasteiger partial charge is 0.492 e. The van der Waals surface area contributed by atoms with Crippen molar-refractivity contribution in [3.63, 3.8) is 0 Å². The fraction of sp³-hybridized carbons (Fsp3) is 0.538. The first-order valence-electron chi connectivity index (χ1n) is 6.43. The van der Waals surface area contributed by atoms with Crippen LogP contribution in [0.15, 0.2) is 12.1 Å². The van der Waals surface area contributed by atoms with Crippen molar-refractivity contribution in [2.75, 3.05) is 51.5 Å². The fourth-order valence-corrected chi connectivity index (χ4v) is 1.78. The second-order valence-corrected chi connectivity index (χ2v) is 4.79. The number of rotatable bonds is 7. The summed E-state index contributed by atoms with van der Waals surface area (Å²) >= 11 is 0. The van der Waals surface area contributed by atoms with E-state index >= 15 is 0 Å². The number of benzene rings is 1. The molecule has 7 nitrogen and oxygen atoms in total. The molecule has 1 aromatic carbocycles. The minimum atomic E-state index is -0.423. The first-order valence-corrected chi connectivity index (χ1v) is 6.43. The van der Waals surface area contributed by atoms with Gasteiger partial charge in [-0.25, -0.2) is 0 Å². The summed E-state index contributed by atoms with van der Waals surface area (Å²) in [5.41, 5.74) is 6.56. The van der Waals surface area contributed by atoms with Crippen LogP contribution in [0.25, 0.3) is 0 Å². The number of hydrogen-bond acceptors (Lipinski definition) is 6. The normalized spacial score (nSPS) is 10.7. The number of hydrogen-bond donors (Lipinski definition) is 1. The van der Waals surface area contributed by atoms with E-state index in [1.165, 1.54) is 6.07 Å². The van der Waals surface area contributed by atoms with Gasteiger partial charge in [0, 0.05) is 32.3 Å². The van der Waals surface area contributed by atoms with E-state index in [4.69, 9.17) is 10.5 Å². The maximum Gasteiger partial charge on any atom is 0.294 e. The van der Waals surface area contributed by atoms with Crippen molar-refractivity contribution < 1.29 is 9.66 Å². The summed E-state index contributed by atoms with van der Waals surface area (Å²) in [5, 5.41) is 11.2. The lowest BCUT2D eigenvalue weighted by Gasteiger charge is -2.22. The molecule has 7 heteroatoms. The summed E-state index contributed by atoms with van der Waals surface area (Å²) in [7, 11) is 5.73. The van der Waals surface area contributed by atoms with E-state index in [-0.39, 0.29) is 11.4 Å². The molecule has 20 heavy (non-hydrogen) atoms. The maximum atomic E-state index is 11.2. The predicted molar refractivity (Wildman–Crippen MR) is 80.5 cm³/mol. The minimum absolute atomic E-state index is 0.00721. The molecule has 0 saturated carbocycles. The van der Waals surface area contributed by atoms with Crippen LogP contribution in [0.5, 0.6) is 5.75 Å². The fourth-order valence-electron chi connectivity index (χ4n) is 1.78. The zero-order valence-corrected chi connectivity index (χ0v) is 12.4. The summed E-state index contributed by atoms with van der Waals surface area (Å²) in [6, 6.07) is 2.99. The van der Waals surface area contributed by atoms with E-state index in [0.717, 1.165) is 6.54 Å². The van der Waals surface area contributed by atoms with Gasteiger partial charge in [-0.05, 0) is 21.0 Å². The lowest BCUT2D eigenvalue weighted by atomic mass is 10.2. The van der Waals surface area contributed by atoms with Gasteiger partial charge in [0.15, 0.2) is 0 Å². The van der Waals surface area contributed by atoms with Crippen molar-refractivity contribution in [1.82, 2.24) is 4.90 Å². The average molecular weight is 282 g/mol. The van der Waals surface area contributed by atoms with Crippen LogP contribution in [0.4, 0.5) is 17.1 Å². The van der Waals surface area contributed by atoms with Crippen molar-refractivity contribution in [2.45, 2.75) is 6.92 Å². The van der Waals surface area contributed by atoms with E-state index in [0.29, 0.717) is 24.6 Å². The van der Waals surface area contributed by atoms with Gasteiger partial charge in [-0.3, -0.25) is 10.1 Å². The highest BCUT2D eigenvalue weighted by Gasteiger charge is 2.20. The quantitative estimate of drug-likeness (QED) is 0.464. The van der Waals surface area contributed by atoms with Crippen molar-refractivity contribution >= 4 is 17.1 Å². The molecule has 112 valence electrons. The van der Waals surface area contributed by atoms with Gasteiger partial charge in [0.1, 0.15) is 11.4 Å². The lowest BCUT2D eigenvalue weighted by molar-refractivity contribution is -0.384. The van der Waals surface area contributed by atoms with Crippen LogP contribution in [-0.4, -0.2) is 50.7 Å². The zero-order valence-electron chi connectivity index (χ0n) is 12.4. The first kappa shape index (κ1) is 16.0. The van der Waals surface area contributed by atoms with Crippen LogP contribution in [0, 0.1) is 10.1 Å². The maximum absolute atomic E-state index is 11.2. The Labute approximate surface area is 119 Å². The Morgan fingerprint density at radius 2 is 1.95 bits per heavy atom. The van der Waals surface area contributed by atoms with Crippen molar-refractivity contribution in [3.8, 4) is 5.75 Å². The van der Waals surface area contributed by atoms with Crippen molar-refractivity contribution in [1.29, 1.82) is 0 Å². The Bertz CT molecular complexity index is 477. The van der Waals surface area contributed by atoms with E-state index in [9.17, 15) is 10.1 Å². The van der Waals surface area contributed by atoms with Gasteiger partial charge < -0.3 is 20.3 Å². The zero-order chi connectivity index (χ0) is 15.3. The highest BCUT2D eigenvalue weighted by atomic mass is 16.6. The van der Waals surface area contributed by atoms with Crippen LogP contribution in [0.1, 0.15) is 6.92 Å². The van der Waals surface area contributed by atoms with Gasteiger partial charge in [0.25, 0.3) is 5.69 Å². The number of likely N-dealkylation sites (N-methyl/N-ethyl adjacent to an activating group) is 2. The van der Waals surface area contributed by atoms with Gasteiger partial charge >= 0.3 is 0 Å². The highest BCUT2D eigenvalue weighted by molar-refractivity contribution is 5.73. The topological polar surface area (TPSA) is 84.9 Å². The number of nitrogens with zero attached hydrogens (tertiary/aromatic N) is 3. The Hall–Kier alpha value is -2.02. The van der Waals surface area contributed by atoms with Gasteiger partial charge in [-0.1, -0.05) is 0 Å². The Balaban J connectivity index is 3.12. The standard InChI is InChI=1S/C13H22N4O3/c1-5-20-13-9-11(16(4)7-6-15(2)3)12(17(18)19)8-10(13)14/h8-9H,5-7,14H2,1-4H3. The average Bonchev–Trinajstić information content (AvgIpc) is 2.37. The number of anilines is 2. The molecule has 0 heterocycles. The molecule has 0 atom stereocenters. The molecule has 0 saturated heterocycles. The van der Waals surface area contributed by atoms with E-state index in [1.54, 1.807) is 6.07 Å². The SMILES string of the molecule is CCOc1cc(N(C)CCN(C)C)c([N+](=O)[O-])cc1N. The van der Waals surface area contributed by atoms with Crippen molar-refractivity contribution in [3.05, 3.63) is 22.2 Å². The number of ether oxygens (including phenoxy) is 1. The first-order chi connectivity index (χ1) is 9.36. The molecule has 0 amide bonds. The molecule has 0 aliphatic carbocycles. The molecule has 0 aliphatic rings. The molecule has 1 aromatic rings. The molecular weight excluding hydrogens is 260 g/mol. The summed E-state index contributed by atoms with van der Waals surface area (Å²) in [5.74, 6) is 0.477. The third kappa shape index (κ3) is 3.99. The lowest BCUT2D eigenvalue weighted by Crippen LogP contribution is -2.29. The summed E-state index contributed by atoms with van der Waals surface area (Å²) in [6.07, 6.45) is 0. The molecule has 0 aliphatic heterocycles. The van der Waals surface area contributed by atoms with Gasteiger partial charge in [0.05, 0.1) is 17.2 Å². The van der Waals surface area contributed by atoms with Crippen LogP contribution >= 0.6 is 0 Å². The minimum Gasteiger partial charge on any atom is -0.492 e. The van der Waals surface area contributed by atoms with Crippen LogP contribution in [0.3, 0.4) is 0 Å². The summed E-state index contributed by atoms with van der Waals surface area (Å²) in [4.78, 5) is 14.6. The second-order valence-electron chi connectivity index (χ2n) is 4.79. The summed E-state index contributed by atoms with van der Waals surface area (Å²) < 4.78 is 5.40. The molecule has 0 spiro atoms. The molecule has 0 radical (unpaired) electrons. The Kier molecular flexibility index (Phi) is 5.57. The predicted octanol–water partition coefficient (Wildman–Crippen LogP) is 1.57. The summed E-state index contributed by atoms with van der Waals surface area (Å²) in [6.45, 7) is 3.77. The number of nitro groups is 1. The van der Waals surface area contributed by atoms with E-state index in [1.807, 2.05) is 37.9 Å². The molecule has 0 fully saturated rings. The van der Waals surface area contributed by atoms with Gasteiger partial charge in [0.2, 0.25) is 0 Å². The monoisotopic (exact) mass is 282 g/mol. The molecular formula is C13H22N4O3. The molecule has 1 rings (SSSR count). The number of nitro benzene ring substituents is 1. The van der Waals surface area contributed by atoms with Crippen LogP contribution in [0.2, 0.25) is 0 Å². The second kappa shape index (κ2) is 6.95. The Morgan fingerprint density at radius 3 is 2.45 bits per heavy atom. The molecule has 0 aromatic heterocycles. The molecule has 0 unspecified atom stereocenters. The van der Waals surface area contributed by atoms with Crippen LogP contribution < -0.4 is 15.4 Å². The highest BCUT2D eigenvalue weighted by Crippen LogP contribution is 2.36. The van der Waals surface area contributed by atoms with Crippen LogP contribution in [-0.2, 0) is 0 Å². The third-order valence-corrected chi connectivity index (χ3v) is 2.90. The van der Waals surface area contributed by atoms with E-state index < -0.39 is 4.92 Å². The van der Waals surface area contributed by atoms with Crippen molar-refractivity contribution in [2.24, 2.45) is 0 Å². The van der Waals surface area contributed by atoms with E-state index in [2.05, 4.69) is 0 Å². The molecule has 0 bridgehead atoms. The molecule has 2 N–H and O–H groups in total. The smallest absolute Gasteiger partial charge is 0.294 e.